The van der Waals surface area contributed by atoms with Gasteiger partial charge in [0.2, 0.25) is 11.8 Å². The van der Waals surface area contributed by atoms with Crippen molar-refractivity contribution in [2.45, 2.75) is 19.9 Å². The SMILES string of the molecule is Cc1ccc(CN2C[C@@H](C(=O)NCCNc3cccnc3)CC2=O)cc1. The number of likely N-dealkylation sites (tertiary alicyclic amines) is 1. The first-order valence-electron chi connectivity index (χ1n) is 8.87. The molecular weight excluding hydrogens is 328 g/mol. The van der Waals surface area contributed by atoms with Crippen LogP contribution >= 0.6 is 0 Å². The van der Waals surface area contributed by atoms with Gasteiger partial charge in [-0.3, -0.25) is 14.6 Å². The van der Waals surface area contributed by atoms with E-state index in [4.69, 9.17) is 0 Å². The van der Waals surface area contributed by atoms with E-state index in [2.05, 4.69) is 15.6 Å². The second-order valence-electron chi connectivity index (χ2n) is 6.62. The number of carbonyl (C=O) groups excluding carboxylic acids is 2. The Balaban J connectivity index is 1.42. The van der Waals surface area contributed by atoms with Gasteiger partial charge in [0.05, 0.1) is 11.6 Å². The highest BCUT2D eigenvalue weighted by molar-refractivity contribution is 5.89. The van der Waals surface area contributed by atoms with Crippen molar-refractivity contribution >= 4 is 17.5 Å². The van der Waals surface area contributed by atoms with Crippen molar-refractivity contribution < 1.29 is 9.59 Å². The Morgan fingerprint density at radius 2 is 2.04 bits per heavy atom. The summed E-state index contributed by atoms with van der Waals surface area (Å²) in [6, 6.07) is 11.9. The molecule has 26 heavy (non-hydrogen) atoms. The van der Waals surface area contributed by atoms with Crippen LogP contribution in [0.1, 0.15) is 17.5 Å². The third-order valence-electron chi connectivity index (χ3n) is 4.49. The van der Waals surface area contributed by atoms with Crippen LogP contribution in [0.15, 0.2) is 48.8 Å². The number of amides is 2. The van der Waals surface area contributed by atoms with E-state index >= 15 is 0 Å². The fourth-order valence-corrected chi connectivity index (χ4v) is 3.02. The molecule has 1 aliphatic rings. The molecule has 1 atom stereocenters. The minimum absolute atomic E-state index is 0.0409. The maximum Gasteiger partial charge on any atom is 0.225 e. The fourth-order valence-electron chi connectivity index (χ4n) is 3.02. The van der Waals surface area contributed by atoms with Gasteiger partial charge in [0.25, 0.3) is 0 Å². The van der Waals surface area contributed by atoms with Gasteiger partial charge >= 0.3 is 0 Å². The minimum Gasteiger partial charge on any atom is -0.382 e. The number of carbonyl (C=O) groups is 2. The Morgan fingerprint density at radius 1 is 1.23 bits per heavy atom. The van der Waals surface area contributed by atoms with Crippen molar-refractivity contribution in [2.75, 3.05) is 25.0 Å². The number of rotatable bonds is 7. The molecule has 2 aromatic rings. The normalized spacial score (nSPS) is 16.6. The smallest absolute Gasteiger partial charge is 0.225 e. The van der Waals surface area contributed by atoms with E-state index in [1.807, 2.05) is 43.3 Å². The average Bonchev–Trinajstić information content (AvgIpc) is 3.02. The molecule has 0 bridgehead atoms. The molecule has 1 fully saturated rings. The standard InChI is InChI=1S/C20H24N4O2/c1-15-4-6-16(7-5-15)13-24-14-17(11-19(24)25)20(26)23-10-9-22-18-3-2-8-21-12-18/h2-8,12,17,22H,9-11,13-14H2,1H3,(H,23,26)/t17-/m0/s1. The number of anilines is 1. The third kappa shape index (κ3) is 4.81. The summed E-state index contributed by atoms with van der Waals surface area (Å²) in [6.45, 7) is 4.20. The molecule has 0 saturated carbocycles. The molecule has 1 saturated heterocycles. The summed E-state index contributed by atoms with van der Waals surface area (Å²) in [4.78, 5) is 30.3. The number of aromatic nitrogens is 1. The first-order valence-corrected chi connectivity index (χ1v) is 8.87. The van der Waals surface area contributed by atoms with E-state index in [0.717, 1.165) is 11.3 Å². The van der Waals surface area contributed by atoms with E-state index in [0.29, 0.717) is 26.2 Å². The molecule has 1 aliphatic heterocycles. The summed E-state index contributed by atoms with van der Waals surface area (Å²) in [7, 11) is 0. The molecule has 2 N–H and O–H groups in total. The Kier molecular flexibility index (Phi) is 5.84. The van der Waals surface area contributed by atoms with E-state index in [9.17, 15) is 9.59 Å². The number of nitrogens with one attached hydrogen (secondary N) is 2. The van der Waals surface area contributed by atoms with Gasteiger partial charge in [-0.25, -0.2) is 0 Å². The van der Waals surface area contributed by atoms with Gasteiger partial charge in [-0.15, -0.1) is 0 Å². The molecule has 136 valence electrons. The maximum atomic E-state index is 12.3. The van der Waals surface area contributed by atoms with Crippen molar-refractivity contribution in [1.29, 1.82) is 0 Å². The number of pyridine rings is 1. The molecule has 0 spiro atoms. The molecule has 0 unspecified atom stereocenters. The van der Waals surface area contributed by atoms with Gasteiger partial charge in [-0.1, -0.05) is 29.8 Å². The van der Waals surface area contributed by atoms with Crippen LogP contribution in [0.3, 0.4) is 0 Å². The first-order chi connectivity index (χ1) is 12.6. The molecule has 1 aromatic heterocycles. The zero-order chi connectivity index (χ0) is 18.4. The molecular formula is C20H24N4O2. The van der Waals surface area contributed by atoms with Crippen LogP contribution in [0.25, 0.3) is 0 Å². The van der Waals surface area contributed by atoms with E-state index < -0.39 is 0 Å². The summed E-state index contributed by atoms with van der Waals surface area (Å²) in [5.41, 5.74) is 3.20. The second kappa shape index (κ2) is 8.47. The minimum atomic E-state index is -0.272. The maximum absolute atomic E-state index is 12.3. The molecule has 6 heteroatoms. The van der Waals surface area contributed by atoms with Crippen molar-refractivity contribution in [2.24, 2.45) is 5.92 Å². The molecule has 2 amide bonds. The summed E-state index contributed by atoms with van der Waals surface area (Å²) >= 11 is 0. The lowest BCUT2D eigenvalue weighted by Crippen LogP contribution is -2.35. The fraction of sp³-hybridized carbons (Fsp3) is 0.350. The predicted molar refractivity (Wildman–Crippen MR) is 100 cm³/mol. The van der Waals surface area contributed by atoms with Gasteiger partial charge in [0, 0.05) is 45.0 Å². The Hall–Kier alpha value is -2.89. The topological polar surface area (TPSA) is 74.3 Å². The van der Waals surface area contributed by atoms with Crippen molar-refractivity contribution in [3.05, 3.63) is 59.9 Å². The zero-order valence-corrected chi connectivity index (χ0v) is 14.9. The Bertz CT molecular complexity index is 746. The first kappa shape index (κ1) is 17.9. The summed E-state index contributed by atoms with van der Waals surface area (Å²) in [5.74, 6) is -0.289. The van der Waals surface area contributed by atoms with Crippen molar-refractivity contribution in [3.63, 3.8) is 0 Å². The van der Waals surface area contributed by atoms with Crippen LogP contribution in [-0.2, 0) is 16.1 Å². The highest BCUT2D eigenvalue weighted by Crippen LogP contribution is 2.20. The van der Waals surface area contributed by atoms with Crippen LogP contribution in [0, 0.1) is 12.8 Å². The summed E-state index contributed by atoms with van der Waals surface area (Å²) in [6.07, 6.45) is 3.74. The van der Waals surface area contributed by atoms with Crippen molar-refractivity contribution in [3.8, 4) is 0 Å². The molecule has 6 nitrogen and oxygen atoms in total. The lowest BCUT2D eigenvalue weighted by atomic mass is 10.1. The highest BCUT2D eigenvalue weighted by atomic mass is 16.2. The molecule has 3 rings (SSSR count). The molecule has 0 radical (unpaired) electrons. The van der Waals surface area contributed by atoms with Crippen LogP contribution < -0.4 is 10.6 Å². The Morgan fingerprint density at radius 3 is 2.77 bits per heavy atom. The lowest BCUT2D eigenvalue weighted by Gasteiger charge is -2.17. The van der Waals surface area contributed by atoms with Gasteiger partial charge in [-0.05, 0) is 24.6 Å². The summed E-state index contributed by atoms with van der Waals surface area (Å²) < 4.78 is 0. The van der Waals surface area contributed by atoms with Crippen LogP contribution in [0.4, 0.5) is 5.69 Å². The number of hydrogen-bond donors (Lipinski definition) is 2. The van der Waals surface area contributed by atoms with Gasteiger partial charge in [0.15, 0.2) is 0 Å². The van der Waals surface area contributed by atoms with Crippen LogP contribution in [-0.4, -0.2) is 41.3 Å². The zero-order valence-electron chi connectivity index (χ0n) is 14.9. The average molecular weight is 352 g/mol. The predicted octanol–water partition coefficient (Wildman–Crippen LogP) is 1.97. The molecule has 1 aromatic carbocycles. The highest BCUT2D eigenvalue weighted by Gasteiger charge is 2.33. The van der Waals surface area contributed by atoms with Crippen LogP contribution in [0.2, 0.25) is 0 Å². The monoisotopic (exact) mass is 352 g/mol. The van der Waals surface area contributed by atoms with Gasteiger partial charge in [0.1, 0.15) is 0 Å². The number of hydrogen-bond acceptors (Lipinski definition) is 4. The van der Waals surface area contributed by atoms with Gasteiger partial charge in [-0.2, -0.15) is 0 Å². The van der Waals surface area contributed by atoms with E-state index in [-0.39, 0.29) is 24.2 Å². The Labute approximate surface area is 153 Å². The largest absolute Gasteiger partial charge is 0.382 e. The summed E-state index contributed by atoms with van der Waals surface area (Å²) in [5, 5.41) is 6.10. The number of benzene rings is 1. The lowest BCUT2D eigenvalue weighted by molar-refractivity contribution is -0.129. The number of nitrogens with zero attached hydrogens (tertiary/aromatic N) is 2. The number of aryl methyl sites for hydroxylation is 1. The van der Waals surface area contributed by atoms with E-state index in [1.54, 1.807) is 17.3 Å². The van der Waals surface area contributed by atoms with Crippen LogP contribution in [0.5, 0.6) is 0 Å². The molecule has 2 heterocycles. The third-order valence-corrected chi connectivity index (χ3v) is 4.49. The van der Waals surface area contributed by atoms with Gasteiger partial charge < -0.3 is 15.5 Å². The van der Waals surface area contributed by atoms with E-state index in [1.165, 1.54) is 5.56 Å². The molecule has 0 aliphatic carbocycles. The quantitative estimate of drug-likeness (QED) is 0.747. The van der Waals surface area contributed by atoms with Crippen molar-refractivity contribution in [1.82, 2.24) is 15.2 Å². The second-order valence-corrected chi connectivity index (χ2v) is 6.62.